The average Bonchev–Trinajstić information content (AvgIpc) is 2.86. The standard InChI is InChI=1S/C10H13FN6O/c1-2-12-10-14-5-7(11)9(16-10)13-4-3-8-15-6-18-17-8/h5-6H,2-4H2,1H3,(H2,12,13,14,16). The molecule has 2 rings (SSSR count). The van der Waals surface area contributed by atoms with Gasteiger partial charge in [-0.25, -0.2) is 9.37 Å². The molecule has 0 radical (unpaired) electrons. The molecule has 96 valence electrons. The van der Waals surface area contributed by atoms with Gasteiger partial charge >= 0.3 is 0 Å². The van der Waals surface area contributed by atoms with E-state index in [0.29, 0.717) is 31.3 Å². The first-order valence-corrected chi connectivity index (χ1v) is 5.55. The molecule has 2 aromatic heterocycles. The fourth-order valence-corrected chi connectivity index (χ4v) is 1.33. The molecule has 0 amide bonds. The van der Waals surface area contributed by atoms with Crippen LogP contribution in [0.1, 0.15) is 12.7 Å². The summed E-state index contributed by atoms with van der Waals surface area (Å²) in [7, 11) is 0. The number of rotatable bonds is 6. The Morgan fingerprint density at radius 1 is 1.33 bits per heavy atom. The van der Waals surface area contributed by atoms with Crippen molar-refractivity contribution >= 4 is 11.8 Å². The monoisotopic (exact) mass is 252 g/mol. The quantitative estimate of drug-likeness (QED) is 0.795. The van der Waals surface area contributed by atoms with Gasteiger partial charge in [0, 0.05) is 19.5 Å². The average molecular weight is 252 g/mol. The second kappa shape index (κ2) is 5.89. The first-order valence-electron chi connectivity index (χ1n) is 5.55. The number of anilines is 2. The third-order valence-electron chi connectivity index (χ3n) is 2.13. The summed E-state index contributed by atoms with van der Waals surface area (Å²) in [4.78, 5) is 11.7. The van der Waals surface area contributed by atoms with Gasteiger partial charge in [-0.3, -0.25) is 0 Å². The maximum atomic E-state index is 13.4. The van der Waals surface area contributed by atoms with E-state index in [0.717, 1.165) is 6.20 Å². The van der Waals surface area contributed by atoms with Crippen LogP contribution >= 0.6 is 0 Å². The smallest absolute Gasteiger partial charge is 0.224 e. The fourth-order valence-electron chi connectivity index (χ4n) is 1.33. The van der Waals surface area contributed by atoms with Crippen molar-refractivity contribution in [1.29, 1.82) is 0 Å². The van der Waals surface area contributed by atoms with Gasteiger partial charge in [-0.05, 0) is 6.92 Å². The van der Waals surface area contributed by atoms with Gasteiger partial charge in [0.05, 0.1) is 6.20 Å². The van der Waals surface area contributed by atoms with Crippen molar-refractivity contribution in [1.82, 2.24) is 20.1 Å². The summed E-state index contributed by atoms with van der Waals surface area (Å²) < 4.78 is 18.0. The molecule has 0 spiro atoms. The van der Waals surface area contributed by atoms with Crippen LogP contribution in [0.4, 0.5) is 16.2 Å². The Morgan fingerprint density at radius 3 is 2.94 bits per heavy atom. The van der Waals surface area contributed by atoms with E-state index in [4.69, 9.17) is 0 Å². The molecule has 2 N–H and O–H groups in total. The summed E-state index contributed by atoms with van der Waals surface area (Å²) in [6.45, 7) is 3.04. The van der Waals surface area contributed by atoms with Crippen molar-refractivity contribution < 1.29 is 8.91 Å². The van der Waals surface area contributed by atoms with E-state index >= 15 is 0 Å². The second-order valence-electron chi connectivity index (χ2n) is 3.44. The highest BCUT2D eigenvalue weighted by Crippen LogP contribution is 2.11. The van der Waals surface area contributed by atoms with Crippen LogP contribution in [0.15, 0.2) is 17.1 Å². The van der Waals surface area contributed by atoms with Crippen LogP contribution in [0.25, 0.3) is 0 Å². The molecule has 0 atom stereocenters. The Labute approximate surface area is 103 Å². The zero-order valence-electron chi connectivity index (χ0n) is 9.85. The lowest BCUT2D eigenvalue weighted by molar-refractivity contribution is 0.410. The summed E-state index contributed by atoms with van der Waals surface area (Å²) in [5.74, 6) is 0.610. The van der Waals surface area contributed by atoms with Crippen LogP contribution < -0.4 is 10.6 Å². The second-order valence-corrected chi connectivity index (χ2v) is 3.44. The summed E-state index contributed by atoms with van der Waals surface area (Å²) in [6, 6.07) is 0. The lowest BCUT2D eigenvalue weighted by Crippen LogP contribution is -2.11. The fraction of sp³-hybridized carbons (Fsp3) is 0.400. The molecule has 18 heavy (non-hydrogen) atoms. The van der Waals surface area contributed by atoms with Crippen molar-refractivity contribution in [2.24, 2.45) is 0 Å². The summed E-state index contributed by atoms with van der Waals surface area (Å²) >= 11 is 0. The molecule has 2 heterocycles. The first-order chi connectivity index (χ1) is 8.79. The minimum Gasteiger partial charge on any atom is -0.367 e. The Balaban J connectivity index is 1.93. The Morgan fingerprint density at radius 2 is 2.22 bits per heavy atom. The minimum atomic E-state index is -0.496. The molecule has 0 unspecified atom stereocenters. The summed E-state index contributed by atoms with van der Waals surface area (Å²) in [5.41, 5.74) is 0. The molecular formula is C10H13FN6O. The molecule has 7 nitrogen and oxygen atoms in total. The van der Waals surface area contributed by atoms with E-state index in [1.165, 1.54) is 6.39 Å². The number of nitrogens with zero attached hydrogens (tertiary/aromatic N) is 4. The van der Waals surface area contributed by atoms with Crippen molar-refractivity contribution in [3.8, 4) is 0 Å². The van der Waals surface area contributed by atoms with Gasteiger partial charge in [0.2, 0.25) is 12.3 Å². The van der Waals surface area contributed by atoms with Crippen molar-refractivity contribution in [3.63, 3.8) is 0 Å². The predicted molar refractivity (Wildman–Crippen MR) is 62.6 cm³/mol. The van der Waals surface area contributed by atoms with E-state index < -0.39 is 5.82 Å². The molecule has 8 heteroatoms. The third-order valence-corrected chi connectivity index (χ3v) is 2.13. The topological polar surface area (TPSA) is 88.8 Å². The van der Waals surface area contributed by atoms with Crippen LogP contribution in [-0.2, 0) is 6.42 Å². The van der Waals surface area contributed by atoms with E-state index in [-0.39, 0.29) is 5.82 Å². The van der Waals surface area contributed by atoms with Crippen LogP contribution in [0.2, 0.25) is 0 Å². The normalized spacial score (nSPS) is 10.3. The van der Waals surface area contributed by atoms with E-state index in [9.17, 15) is 4.39 Å². The molecule has 0 saturated carbocycles. The Hall–Kier alpha value is -2.25. The summed E-state index contributed by atoms with van der Waals surface area (Å²) in [6.07, 6.45) is 2.90. The maximum absolute atomic E-state index is 13.4. The molecule has 0 aliphatic carbocycles. The zero-order chi connectivity index (χ0) is 12.8. The SMILES string of the molecule is CCNc1ncc(F)c(NCCc2ncon2)n1. The number of halogens is 1. The van der Waals surface area contributed by atoms with Crippen molar-refractivity contribution in [2.45, 2.75) is 13.3 Å². The molecule has 2 aromatic rings. The van der Waals surface area contributed by atoms with Crippen LogP contribution in [-0.4, -0.2) is 33.2 Å². The summed E-state index contributed by atoms with van der Waals surface area (Å²) in [5, 5.41) is 9.42. The third kappa shape index (κ3) is 3.12. The van der Waals surface area contributed by atoms with Gasteiger partial charge in [0.1, 0.15) is 0 Å². The Kier molecular flexibility index (Phi) is 4.00. The van der Waals surface area contributed by atoms with Crippen molar-refractivity contribution in [3.05, 3.63) is 24.2 Å². The molecule has 0 bridgehead atoms. The van der Waals surface area contributed by atoms with Gasteiger partial charge in [-0.2, -0.15) is 9.97 Å². The molecule has 0 saturated heterocycles. The Bertz CT molecular complexity index is 489. The lowest BCUT2D eigenvalue weighted by Gasteiger charge is -2.07. The minimum absolute atomic E-state index is 0.157. The van der Waals surface area contributed by atoms with Gasteiger partial charge < -0.3 is 15.2 Å². The maximum Gasteiger partial charge on any atom is 0.224 e. The van der Waals surface area contributed by atoms with E-state index in [1.54, 1.807) is 0 Å². The zero-order valence-corrected chi connectivity index (χ0v) is 9.85. The molecule has 0 aliphatic heterocycles. The van der Waals surface area contributed by atoms with Crippen LogP contribution in [0.5, 0.6) is 0 Å². The molecule has 0 fully saturated rings. The van der Waals surface area contributed by atoms with E-state index in [2.05, 4.69) is 35.3 Å². The van der Waals surface area contributed by atoms with Gasteiger partial charge in [0.25, 0.3) is 0 Å². The van der Waals surface area contributed by atoms with Gasteiger partial charge in [-0.1, -0.05) is 5.16 Å². The highest BCUT2D eigenvalue weighted by atomic mass is 19.1. The number of hydrogen-bond acceptors (Lipinski definition) is 7. The largest absolute Gasteiger partial charge is 0.367 e. The molecule has 0 aliphatic rings. The first kappa shape index (κ1) is 12.2. The molecular weight excluding hydrogens is 239 g/mol. The van der Waals surface area contributed by atoms with Gasteiger partial charge in [0.15, 0.2) is 17.5 Å². The molecule has 0 aromatic carbocycles. The van der Waals surface area contributed by atoms with Crippen LogP contribution in [0, 0.1) is 5.82 Å². The highest BCUT2D eigenvalue weighted by molar-refractivity contribution is 5.40. The number of aromatic nitrogens is 4. The predicted octanol–water partition coefficient (Wildman–Crippen LogP) is 1.09. The van der Waals surface area contributed by atoms with Crippen molar-refractivity contribution in [2.75, 3.05) is 23.7 Å². The van der Waals surface area contributed by atoms with Gasteiger partial charge in [-0.15, -0.1) is 0 Å². The number of nitrogens with one attached hydrogen (secondary N) is 2. The highest BCUT2D eigenvalue weighted by Gasteiger charge is 2.06. The lowest BCUT2D eigenvalue weighted by atomic mass is 10.4. The van der Waals surface area contributed by atoms with E-state index in [1.807, 2.05) is 6.92 Å². The number of hydrogen-bond donors (Lipinski definition) is 2. The van der Waals surface area contributed by atoms with Crippen LogP contribution in [0.3, 0.4) is 0 Å².